The molecule has 0 bridgehead atoms. The largest absolute Gasteiger partial charge is 0.450 e. The molecule has 5 heteroatoms. The number of benzene rings is 1. The van der Waals surface area contributed by atoms with Crippen LogP contribution >= 0.6 is 0 Å². The molecule has 0 aliphatic carbocycles. The maximum Gasteiger partial charge on any atom is 0.411 e. The van der Waals surface area contributed by atoms with E-state index in [4.69, 9.17) is 9.47 Å². The minimum absolute atomic E-state index is 0.317. The minimum Gasteiger partial charge on any atom is -0.450 e. The van der Waals surface area contributed by atoms with Gasteiger partial charge in [-0.2, -0.15) is 0 Å². The number of carbonyl (C=O) groups is 1. The quantitative estimate of drug-likeness (QED) is 0.858. The number of carbonyl (C=O) groups excluding carboxylic acids is 1. The molecule has 1 aromatic carbocycles. The van der Waals surface area contributed by atoms with Crippen LogP contribution < -0.4 is 10.6 Å². The van der Waals surface area contributed by atoms with Crippen molar-refractivity contribution in [1.29, 1.82) is 0 Å². The molecule has 1 heterocycles. The number of amides is 1. The Hall–Kier alpha value is -1.75. The molecule has 0 radical (unpaired) electrons. The Kier molecular flexibility index (Phi) is 5.03. The normalized spacial score (nSPS) is 18.1. The topological polar surface area (TPSA) is 59.6 Å². The van der Waals surface area contributed by atoms with Crippen molar-refractivity contribution in [3.05, 3.63) is 24.3 Å². The summed E-state index contributed by atoms with van der Waals surface area (Å²) < 4.78 is 10.4. The summed E-state index contributed by atoms with van der Waals surface area (Å²) in [7, 11) is 0. The molecule has 1 fully saturated rings. The van der Waals surface area contributed by atoms with Crippen molar-refractivity contribution >= 4 is 17.5 Å². The first-order valence-corrected chi connectivity index (χ1v) is 6.67. The fraction of sp³-hybridized carbons (Fsp3) is 0.500. The molecule has 104 valence electrons. The second-order valence-corrected chi connectivity index (χ2v) is 4.44. The zero-order valence-corrected chi connectivity index (χ0v) is 11.1. The Labute approximate surface area is 113 Å². The second kappa shape index (κ2) is 6.99. The molecule has 1 atom stereocenters. The molecule has 0 aromatic heterocycles. The minimum atomic E-state index is -0.428. The number of anilines is 2. The van der Waals surface area contributed by atoms with Gasteiger partial charge in [0.25, 0.3) is 0 Å². The van der Waals surface area contributed by atoms with Gasteiger partial charge in [0.05, 0.1) is 12.7 Å². The molecule has 0 spiro atoms. The van der Waals surface area contributed by atoms with Crippen LogP contribution in [0.3, 0.4) is 0 Å². The molecule has 2 N–H and O–H groups in total. The summed E-state index contributed by atoms with van der Waals surface area (Å²) in [6.07, 6.45) is 2.16. The van der Waals surface area contributed by atoms with Crippen LogP contribution in [0, 0.1) is 0 Å². The number of hydrogen-bond donors (Lipinski definition) is 2. The fourth-order valence-corrected chi connectivity index (χ4v) is 1.99. The first kappa shape index (κ1) is 13.7. The number of rotatable bonds is 5. The van der Waals surface area contributed by atoms with Gasteiger partial charge >= 0.3 is 6.09 Å². The number of hydrogen-bond acceptors (Lipinski definition) is 4. The van der Waals surface area contributed by atoms with Gasteiger partial charge in [-0.1, -0.05) is 0 Å². The second-order valence-electron chi connectivity index (χ2n) is 4.44. The average Bonchev–Trinajstić information content (AvgIpc) is 2.91. The lowest BCUT2D eigenvalue weighted by Crippen LogP contribution is -2.18. The van der Waals surface area contributed by atoms with Gasteiger partial charge in [0.2, 0.25) is 0 Å². The van der Waals surface area contributed by atoms with Crippen LogP contribution in [0.1, 0.15) is 19.8 Å². The fourth-order valence-electron chi connectivity index (χ4n) is 1.99. The van der Waals surface area contributed by atoms with Crippen molar-refractivity contribution in [3.63, 3.8) is 0 Å². The third-order valence-corrected chi connectivity index (χ3v) is 2.96. The summed E-state index contributed by atoms with van der Waals surface area (Å²) in [4.78, 5) is 11.2. The van der Waals surface area contributed by atoms with Crippen LogP contribution in [0.15, 0.2) is 24.3 Å². The van der Waals surface area contributed by atoms with E-state index >= 15 is 0 Å². The van der Waals surface area contributed by atoms with E-state index in [2.05, 4.69) is 10.6 Å². The molecule has 1 amide bonds. The van der Waals surface area contributed by atoms with E-state index in [0.29, 0.717) is 12.7 Å². The summed E-state index contributed by atoms with van der Waals surface area (Å²) in [5.41, 5.74) is 1.74. The van der Waals surface area contributed by atoms with Gasteiger partial charge in [-0.3, -0.25) is 5.32 Å². The first-order chi connectivity index (χ1) is 9.28. The SMILES string of the molecule is CCOC(=O)Nc1ccc(NCC2CCCO2)cc1. The molecular formula is C14H20N2O3. The molecule has 2 rings (SSSR count). The summed E-state index contributed by atoms with van der Waals surface area (Å²) in [5, 5.41) is 5.98. The molecule has 5 nitrogen and oxygen atoms in total. The molecular weight excluding hydrogens is 244 g/mol. The highest BCUT2D eigenvalue weighted by molar-refractivity contribution is 5.84. The van der Waals surface area contributed by atoms with Crippen LogP contribution in [0.4, 0.5) is 16.2 Å². The Bertz CT molecular complexity index is 400. The van der Waals surface area contributed by atoms with E-state index in [1.165, 1.54) is 0 Å². The number of nitrogens with one attached hydrogen (secondary N) is 2. The van der Waals surface area contributed by atoms with Crippen LogP contribution in [0.25, 0.3) is 0 Å². The lowest BCUT2D eigenvalue weighted by Gasteiger charge is -2.12. The van der Waals surface area contributed by atoms with Crippen molar-refractivity contribution in [2.24, 2.45) is 0 Å². The Morgan fingerprint density at radius 1 is 1.37 bits per heavy atom. The van der Waals surface area contributed by atoms with E-state index in [0.717, 1.165) is 37.4 Å². The standard InChI is InChI=1S/C14H20N2O3/c1-2-18-14(17)16-12-7-5-11(6-8-12)15-10-13-4-3-9-19-13/h5-8,13,15H,2-4,9-10H2,1H3,(H,16,17). The summed E-state index contributed by atoms with van der Waals surface area (Å²) >= 11 is 0. The molecule has 1 aliphatic heterocycles. The van der Waals surface area contributed by atoms with Crippen LogP contribution in [0.5, 0.6) is 0 Å². The maximum absolute atomic E-state index is 11.2. The van der Waals surface area contributed by atoms with Crippen molar-refractivity contribution in [2.45, 2.75) is 25.9 Å². The van der Waals surface area contributed by atoms with Crippen LogP contribution in [0.2, 0.25) is 0 Å². The van der Waals surface area contributed by atoms with Gasteiger partial charge in [0.15, 0.2) is 0 Å². The summed E-state index contributed by atoms with van der Waals surface area (Å²) in [6.45, 7) is 3.84. The van der Waals surface area contributed by atoms with Gasteiger partial charge in [-0.15, -0.1) is 0 Å². The van der Waals surface area contributed by atoms with E-state index in [1.807, 2.05) is 24.3 Å². The molecule has 1 saturated heterocycles. The first-order valence-electron chi connectivity index (χ1n) is 6.67. The molecule has 1 aromatic rings. The summed E-state index contributed by atoms with van der Waals surface area (Å²) in [5.74, 6) is 0. The zero-order chi connectivity index (χ0) is 13.5. The Balaban J connectivity index is 1.78. The average molecular weight is 264 g/mol. The third kappa shape index (κ3) is 4.44. The van der Waals surface area contributed by atoms with Gasteiger partial charge in [0, 0.05) is 24.5 Å². The highest BCUT2D eigenvalue weighted by Gasteiger charge is 2.14. The molecule has 19 heavy (non-hydrogen) atoms. The van der Waals surface area contributed by atoms with E-state index in [9.17, 15) is 4.79 Å². The third-order valence-electron chi connectivity index (χ3n) is 2.96. The predicted octanol–water partition coefficient (Wildman–Crippen LogP) is 2.85. The summed E-state index contributed by atoms with van der Waals surface area (Å²) in [6, 6.07) is 7.54. The Morgan fingerprint density at radius 3 is 2.74 bits per heavy atom. The van der Waals surface area contributed by atoms with E-state index in [1.54, 1.807) is 6.92 Å². The van der Waals surface area contributed by atoms with E-state index in [-0.39, 0.29) is 0 Å². The highest BCUT2D eigenvalue weighted by Crippen LogP contribution is 2.16. The van der Waals surface area contributed by atoms with E-state index < -0.39 is 6.09 Å². The van der Waals surface area contributed by atoms with Gasteiger partial charge in [-0.05, 0) is 44.0 Å². The van der Waals surface area contributed by atoms with Crippen LogP contribution in [-0.4, -0.2) is 32.0 Å². The molecule has 1 unspecified atom stereocenters. The van der Waals surface area contributed by atoms with Crippen LogP contribution in [-0.2, 0) is 9.47 Å². The van der Waals surface area contributed by atoms with Gasteiger partial charge < -0.3 is 14.8 Å². The highest BCUT2D eigenvalue weighted by atomic mass is 16.5. The smallest absolute Gasteiger partial charge is 0.411 e. The van der Waals surface area contributed by atoms with Crippen molar-refractivity contribution in [2.75, 3.05) is 30.4 Å². The number of ether oxygens (including phenoxy) is 2. The predicted molar refractivity (Wildman–Crippen MR) is 74.6 cm³/mol. The Morgan fingerprint density at radius 2 is 2.11 bits per heavy atom. The zero-order valence-electron chi connectivity index (χ0n) is 11.1. The molecule has 1 aliphatic rings. The maximum atomic E-state index is 11.2. The lowest BCUT2D eigenvalue weighted by molar-refractivity contribution is 0.120. The van der Waals surface area contributed by atoms with Gasteiger partial charge in [-0.25, -0.2) is 4.79 Å². The van der Waals surface area contributed by atoms with Crippen molar-refractivity contribution in [1.82, 2.24) is 0 Å². The monoisotopic (exact) mass is 264 g/mol. The van der Waals surface area contributed by atoms with Crippen molar-refractivity contribution < 1.29 is 14.3 Å². The molecule has 0 saturated carbocycles. The van der Waals surface area contributed by atoms with Gasteiger partial charge in [0.1, 0.15) is 0 Å². The van der Waals surface area contributed by atoms with Crippen molar-refractivity contribution in [3.8, 4) is 0 Å². The lowest BCUT2D eigenvalue weighted by atomic mass is 10.2.